The largest absolute Gasteiger partial charge is 0.497 e. The molecule has 0 spiro atoms. The van der Waals surface area contributed by atoms with Crippen molar-refractivity contribution in [1.82, 2.24) is 15.2 Å². The molecule has 216 valence electrons. The molecule has 42 heavy (non-hydrogen) atoms. The Morgan fingerprint density at radius 1 is 0.833 bits per heavy atom. The molecule has 2 atom stereocenters. The van der Waals surface area contributed by atoms with Crippen LogP contribution in [0.1, 0.15) is 36.1 Å². The molecule has 0 fully saturated rings. The first-order chi connectivity index (χ1) is 20.6. The quantitative estimate of drug-likeness (QED) is 0.139. The van der Waals surface area contributed by atoms with Crippen LogP contribution in [-0.4, -0.2) is 36.1 Å². The molecule has 0 radical (unpaired) electrons. The summed E-state index contributed by atoms with van der Waals surface area (Å²) in [6.45, 7) is 5.76. The number of hydrogen-bond donors (Lipinski definition) is 2. The van der Waals surface area contributed by atoms with Crippen LogP contribution in [0.2, 0.25) is 5.02 Å². The Labute approximate surface area is 254 Å². The predicted octanol–water partition coefficient (Wildman–Crippen LogP) is 8.12. The van der Waals surface area contributed by atoms with Crippen molar-refractivity contribution < 1.29 is 4.74 Å². The lowest BCUT2D eigenvalue weighted by Crippen LogP contribution is -2.35. The van der Waals surface area contributed by atoms with E-state index >= 15 is 0 Å². The molecule has 0 saturated carbocycles. The first-order valence-electron chi connectivity index (χ1n) is 14.6. The molecule has 2 unspecified atom stereocenters. The minimum Gasteiger partial charge on any atom is -0.497 e. The van der Waals surface area contributed by atoms with Crippen molar-refractivity contribution in [3.63, 3.8) is 0 Å². The highest BCUT2D eigenvalue weighted by Crippen LogP contribution is 2.26. The molecule has 2 N–H and O–H groups in total. The van der Waals surface area contributed by atoms with Gasteiger partial charge in [-0.3, -0.25) is 9.88 Å². The topological polar surface area (TPSA) is 49.4 Å². The van der Waals surface area contributed by atoms with Crippen LogP contribution in [0.3, 0.4) is 0 Å². The molecule has 0 aliphatic rings. The Morgan fingerprint density at radius 3 is 2.14 bits per heavy atom. The number of halogens is 1. The number of nitrogens with one attached hydrogen (secondary N) is 2. The standard InChI is InChI=1S/C36H39ClN4O/c1-27(40-35-19-21-38-36-23-31(37)15-18-33(35)36)24-39-34(30-13-16-32(42-2)17-14-30)20-22-41(25-28-9-5-3-6-10-28)26-29-11-7-4-8-12-29/h3-19,21,23,27,34,39H,20,22,24-26H2,1-2H3,(H,38,40). The van der Waals surface area contributed by atoms with Gasteiger partial charge >= 0.3 is 0 Å². The number of aromatic nitrogens is 1. The predicted molar refractivity (Wildman–Crippen MR) is 175 cm³/mol. The fourth-order valence-electron chi connectivity index (χ4n) is 5.31. The normalized spacial score (nSPS) is 12.8. The second-order valence-corrected chi connectivity index (χ2v) is 11.2. The van der Waals surface area contributed by atoms with E-state index in [1.807, 2.05) is 42.6 Å². The summed E-state index contributed by atoms with van der Waals surface area (Å²) in [5.41, 5.74) is 5.85. The number of fused-ring (bicyclic) bond motifs is 1. The summed E-state index contributed by atoms with van der Waals surface area (Å²) in [7, 11) is 1.71. The summed E-state index contributed by atoms with van der Waals surface area (Å²) < 4.78 is 5.43. The van der Waals surface area contributed by atoms with Crippen LogP contribution in [-0.2, 0) is 13.1 Å². The van der Waals surface area contributed by atoms with E-state index in [2.05, 4.69) is 100 Å². The van der Waals surface area contributed by atoms with Crippen LogP contribution in [0.5, 0.6) is 5.75 Å². The van der Waals surface area contributed by atoms with Crippen molar-refractivity contribution in [3.05, 3.63) is 137 Å². The van der Waals surface area contributed by atoms with Gasteiger partial charge in [-0.05, 0) is 66.4 Å². The smallest absolute Gasteiger partial charge is 0.118 e. The average molecular weight is 579 g/mol. The fraction of sp³-hybridized carbons (Fsp3) is 0.250. The lowest BCUT2D eigenvalue weighted by molar-refractivity contribution is 0.240. The molecule has 0 aliphatic carbocycles. The summed E-state index contributed by atoms with van der Waals surface area (Å²) in [4.78, 5) is 7.02. The molecule has 5 rings (SSSR count). The van der Waals surface area contributed by atoms with Crippen LogP contribution in [0.15, 0.2) is 115 Å². The summed E-state index contributed by atoms with van der Waals surface area (Å²) in [5, 5.41) is 9.31. The Morgan fingerprint density at radius 2 is 1.50 bits per heavy atom. The van der Waals surface area contributed by atoms with Crippen molar-refractivity contribution in [2.45, 2.75) is 38.5 Å². The SMILES string of the molecule is COc1ccc(C(CCN(Cc2ccccc2)Cc2ccccc2)NCC(C)Nc2ccnc3cc(Cl)ccc23)cc1. The van der Waals surface area contributed by atoms with Crippen molar-refractivity contribution in [2.75, 3.05) is 25.5 Å². The molecule has 0 aliphatic heterocycles. The number of benzene rings is 4. The molecular weight excluding hydrogens is 540 g/mol. The van der Waals surface area contributed by atoms with Crippen LogP contribution in [0.4, 0.5) is 5.69 Å². The zero-order valence-corrected chi connectivity index (χ0v) is 25.1. The van der Waals surface area contributed by atoms with Crippen LogP contribution in [0.25, 0.3) is 10.9 Å². The van der Waals surface area contributed by atoms with E-state index < -0.39 is 0 Å². The van der Waals surface area contributed by atoms with Crippen molar-refractivity contribution in [1.29, 1.82) is 0 Å². The average Bonchev–Trinajstić information content (AvgIpc) is 3.02. The maximum Gasteiger partial charge on any atom is 0.118 e. The van der Waals surface area contributed by atoms with Gasteiger partial charge in [0.25, 0.3) is 0 Å². The number of methoxy groups -OCH3 is 1. The molecule has 0 saturated heterocycles. The van der Waals surface area contributed by atoms with Gasteiger partial charge < -0.3 is 15.4 Å². The number of pyridine rings is 1. The Balaban J connectivity index is 1.29. The van der Waals surface area contributed by atoms with Gasteiger partial charge in [0.05, 0.1) is 12.6 Å². The van der Waals surface area contributed by atoms with E-state index in [1.54, 1.807) is 7.11 Å². The van der Waals surface area contributed by atoms with Gasteiger partial charge in [-0.15, -0.1) is 0 Å². The second kappa shape index (κ2) is 14.8. The number of anilines is 1. The molecule has 5 nitrogen and oxygen atoms in total. The van der Waals surface area contributed by atoms with E-state index in [1.165, 1.54) is 16.7 Å². The zero-order valence-electron chi connectivity index (χ0n) is 24.3. The Hall–Kier alpha value is -3.90. The molecule has 1 heterocycles. The summed E-state index contributed by atoms with van der Waals surface area (Å²) in [5.74, 6) is 0.868. The van der Waals surface area contributed by atoms with Crippen molar-refractivity contribution in [2.24, 2.45) is 0 Å². The lowest BCUT2D eigenvalue weighted by atomic mass is 10.0. The van der Waals surface area contributed by atoms with Gasteiger partial charge in [-0.25, -0.2) is 0 Å². The fourth-order valence-corrected chi connectivity index (χ4v) is 5.48. The van der Waals surface area contributed by atoms with Crippen molar-refractivity contribution >= 4 is 28.2 Å². The van der Waals surface area contributed by atoms with Gasteiger partial charge in [0.1, 0.15) is 5.75 Å². The first-order valence-corrected chi connectivity index (χ1v) is 14.9. The van der Waals surface area contributed by atoms with E-state index in [0.29, 0.717) is 5.02 Å². The van der Waals surface area contributed by atoms with E-state index in [4.69, 9.17) is 16.3 Å². The summed E-state index contributed by atoms with van der Waals surface area (Å²) in [6.07, 6.45) is 2.80. The molecule has 4 aromatic carbocycles. The highest BCUT2D eigenvalue weighted by Gasteiger charge is 2.17. The van der Waals surface area contributed by atoms with Gasteiger partial charge in [-0.1, -0.05) is 84.4 Å². The van der Waals surface area contributed by atoms with Crippen LogP contribution >= 0.6 is 11.6 Å². The van der Waals surface area contributed by atoms with Gasteiger partial charge in [0.2, 0.25) is 0 Å². The van der Waals surface area contributed by atoms with Gasteiger partial charge in [-0.2, -0.15) is 0 Å². The highest BCUT2D eigenvalue weighted by atomic mass is 35.5. The third-order valence-electron chi connectivity index (χ3n) is 7.53. The molecule has 0 bridgehead atoms. The van der Waals surface area contributed by atoms with Crippen LogP contribution in [0, 0.1) is 0 Å². The maximum absolute atomic E-state index is 6.20. The highest BCUT2D eigenvalue weighted by molar-refractivity contribution is 6.31. The third kappa shape index (κ3) is 8.32. The molecule has 0 amide bonds. The summed E-state index contributed by atoms with van der Waals surface area (Å²) >= 11 is 6.20. The molecule has 5 aromatic rings. The number of ether oxygens (including phenoxy) is 1. The molecule has 1 aromatic heterocycles. The zero-order chi connectivity index (χ0) is 29.1. The third-order valence-corrected chi connectivity index (χ3v) is 7.76. The molecular formula is C36H39ClN4O. The summed E-state index contributed by atoms with van der Waals surface area (Å²) in [6, 6.07) is 38.2. The minimum absolute atomic E-state index is 0.183. The number of rotatable bonds is 14. The first kappa shape index (κ1) is 29.6. The molecule has 6 heteroatoms. The lowest BCUT2D eigenvalue weighted by Gasteiger charge is -2.28. The van der Waals surface area contributed by atoms with Crippen LogP contribution < -0.4 is 15.4 Å². The second-order valence-electron chi connectivity index (χ2n) is 10.8. The number of hydrogen-bond acceptors (Lipinski definition) is 5. The minimum atomic E-state index is 0.183. The Bertz CT molecular complexity index is 1490. The number of nitrogens with zero attached hydrogens (tertiary/aromatic N) is 2. The monoisotopic (exact) mass is 578 g/mol. The maximum atomic E-state index is 6.20. The van der Waals surface area contributed by atoms with Crippen molar-refractivity contribution in [3.8, 4) is 5.75 Å². The van der Waals surface area contributed by atoms with E-state index in [9.17, 15) is 0 Å². The Kier molecular flexibility index (Phi) is 10.4. The van der Waals surface area contributed by atoms with Gasteiger partial charge in [0.15, 0.2) is 0 Å². The van der Waals surface area contributed by atoms with Gasteiger partial charge in [0, 0.05) is 60.6 Å². The van der Waals surface area contributed by atoms with E-state index in [-0.39, 0.29) is 12.1 Å². The van der Waals surface area contributed by atoms with E-state index in [0.717, 1.165) is 54.9 Å².